The van der Waals surface area contributed by atoms with Gasteiger partial charge in [0.15, 0.2) is 0 Å². The summed E-state index contributed by atoms with van der Waals surface area (Å²) in [5.41, 5.74) is 3.44. The molecule has 1 heterocycles. The van der Waals surface area contributed by atoms with Crippen LogP contribution in [0.4, 0.5) is 0 Å². The van der Waals surface area contributed by atoms with Crippen molar-refractivity contribution in [3.8, 4) is 5.88 Å². The number of aryl methyl sites for hydroxylation is 2. The van der Waals surface area contributed by atoms with E-state index in [4.69, 9.17) is 4.74 Å². The molecule has 4 heteroatoms. The van der Waals surface area contributed by atoms with Gasteiger partial charge in [-0.25, -0.2) is 4.68 Å². The fourth-order valence-corrected chi connectivity index (χ4v) is 2.12. The van der Waals surface area contributed by atoms with E-state index in [1.54, 1.807) is 4.68 Å². The van der Waals surface area contributed by atoms with E-state index in [1.807, 2.05) is 20.0 Å². The molecule has 0 spiro atoms. The Hall–Kier alpha value is -1.81. The van der Waals surface area contributed by atoms with Crippen LogP contribution in [0.15, 0.2) is 30.3 Å². The highest BCUT2D eigenvalue weighted by Gasteiger charge is 2.03. The maximum atomic E-state index is 5.80. The Kier molecular flexibility index (Phi) is 5.18. The summed E-state index contributed by atoms with van der Waals surface area (Å²) < 4.78 is 7.57. The van der Waals surface area contributed by atoms with Crippen molar-refractivity contribution in [2.45, 2.75) is 33.4 Å². The number of ether oxygens (including phenoxy) is 1. The fourth-order valence-electron chi connectivity index (χ4n) is 2.12. The molecule has 2 rings (SSSR count). The van der Waals surface area contributed by atoms with Crippen LogP contribution in [-0.4, -0.2) is 16.3 Å². The molecule has 1 aromatic carbocycles. The summed E-state index contributed by atoms with van der Waals surface area (Å²) in [6.45, 7) is 6.67. The summed E-state index contributed by atoms with van der Waals surface area (Å²) in [6.07, 6.45) is 1.16. The zero-order chi connectivity index (χ0) is 14.4. The fraction of sp³-hybridized carbons (Fsp3) is 0.438. The first-order chi connectivity index (χ1) is 9.69. The molecular formula is C16H23N3O. The molecule has 0 aliphatic rings. The third kappa shape index (κ3) is 4.10. The number of rotatable bonds is 7. The van der Waals surface area contributed by atoms with Gasteiger partial charge in [0, 0.05) is 19.7 Å². The van der Waals surface area contributed by atoms with Crippen molar-refractivity contribution < 1.29 is 4.74 Å². The van der Waals surface area contributed by atoms with E-state index in [9.17, 15) is 0 Å². The SMILES string of the molecule is CCCNCc1cccc(COc2cc(C)nn2C)c1. The Balaban J connectivity index is 1.92. The van der Waals surface area contributed by atoms with Crippen LogP contribution < -0.4 is 10.1 Å². The molecule has 20 heavy (non-hydrogen) atoms. The van der Waals surface area contributed by atoms with E-state index in [0.717, 1.165) is 31.1 Å². The van der Waals surface area contributed by atoms with E-state index in [0.29, 0.717) is 6.61 Å². The largest absolute Gasteiger partial charge is 0.473 e. The Labute approximate surface area is 120 Å². The maximum absolute atomic E-state index is 5.80. The highest BCUT2D eigenvalue weighted by molar-refractivity contribution is 5.24. The molecule has 1 N–H and O–H groups in total. The Morgan fingerprint density at radius 2 is 2.05 bits per heavy atom. The third-order valence-corrected chi connectivity index (χ3v) is 3.09. The number of hydrogen-bond donors (Lipinski definition) is 1. The van der Waals surface area contributed by atoms with Crippen LogP contribution in [0.3, 0.4) is 0 Å². The van der Waals surface area contributed by atoms with Gasteiger partial charge in [-0.15, -0.1) is 0 Å². The molecule has 0 saturated heterocycles. The summed E-state index contributed by atoms with van der Waals surface area (Å²) in [5.74, 6) is 0.803. The highest BCUT2D eigenvalue weighted by Crippen LogP contribution is 2.14. The van der Waals surface area contributed by atoms with E-state index in [2.05, 4.69) is 41.6 Å². The minimum absolute atomic E-state index is 0.570. The van der Waals surface area contributed by atoms with Gasteiger partial charge >= 0.3 is 0 Å². The highest BCUT2D eigenvalue weighted by atomic mass is 16.5. The van der Waals surface area contributed by atoms with E-state index < -0.39 is 0 Å². The molecule has 0 radical (unpaired) electrons. The lowest BCUT2D eigenvalue weighted by atomic mass is 10.1. The average molecular weight is 273 g/mol. The first-order valence-corrected chi connectivity index (χ1v) is 7.11. The molecule has 0 aliphatic heterocycles. The predicted octanol–water partition coefficient (Wildman–Crippen LogP) is 2.81. The van der Waals surface area contributed by atoms with Gasteiger partial charge in [0.1, 0.15) is 6.61 Å². The quantitative estimate of drug-likeness (QED) is 0.788. The summed E-state index contributed by atoms with van der Waals surface area (Å²) in [4.78, 5) is 0. The number of aromatic nitrogens is 2. The second-order valence-corrected chi connectivity index (χ2v) is 5.03. The molecule has 0 saturated carbocycles. The molecule has 0 aliphatic carbocycles. The van der Waals surface area contributed by atoms with Crippen molar-refractivity contribution in [3.05, 3.63) is 47.2 Å². The number of benzene rings is 1. The molecule has 2 aromatic rings. The van der Waals surface area contributed by atoms with Crippen LogP contribution in [0.5, 0.6) is 5.88 Å². The maximum Gasteiger partial charge on any atom is 0.212 e. The lowest BCUT2D eigenvalue weighted by Gasteiger charge is -2.08. The molecule has 0 amide bonds. The van der Waals surface area contributed by atoms with E-state index >= 15 is 0 Å². The normalized spacial score (nSPS) is 10.8. The van der Waals surface area contributed by atoms with Crippen LogP contribution >= 0.6 is 0 Å². The van der Waals surface area contributed by atoms with Gasteiger partial charge in [-0.3, -0.25) is 0 Å². The van der Waals surface area contributed by atoms with Crippen molar-refractivity contribution in [1.29, 1.82) is 0 Å². The Morgan fingerprint density at radius 3 is 2.75 bits per heavy atom. The monoisotopic (exact) mass is 273 g/mol. The van der Waals surface area contributed by atoms with Gasteiger partial charge in [0.2, 0.25) is 5.88 Å². The topological polar surface area (TPSA) is 39.1 Å². The Morgan fingerprint density at radius 1 is 1.25 bits per heavy atom. The van der Waals surface area contributed by atoms with Crippen LogP contribution in [0, 0.1) is 6.92 Å². The van der Waals surface area contributed by atoms with E-state index in [1.165, 1.54) is 11.1 Å². The predicted molar refractivity (Wildman–Crippen MR) is 80.7 cm³/mol. The van der Waals surface area contributed by atoms with Crippen LogP contribution in [-0.2, 0) is 20.2 Å². The zero-order valence-corrected chi connectivity index (χ0v) is 12.5. The molecule has 4 nitrogen and oxygen atoms in total. The summed E-state index contributed by atoms with van der Waals surface area (Å²) >= 11 is 0. The molecule has 1 aromatic heterocycles. The zero-order valence-electron chi connectivity index (χ0n) is 12.5. The van der Waals surface area contributed by atoms with Crippen molar-refractivity contribution in [2.24, 2.45) is 7.05 Å². The number of nitrogens with zero attached hydrogens (tertiary/aromatic N) is 2. The van der Waals surface area contributed by atoms with Crippen molar-refractivity contribution in [2.75, 3.05) is 6.54 Å². The lowest BCUT2D eigenvalue weighted by Crippen LogP contribution is -2.13. The van der Waals surface area contributed by atoms with Gasteiger partial charge in [0.05, 0.1) is 5.69 Å². The minimum atomic E-state index is 0.570. The van der Waals surface area contributed by atoms with E-state index in [-0.39, 0.29) is 0 Å². The van der Waals surface area contributed by atoms with Crippen LogP contribution in [0.1, 0.15) is 30.2 Å². The van der Waals surface area contributed by atoms with Crippen molar-refractivity contribution in [3.63, 3.8) is 0 Å². The number of hydrogen-bond acceptors (Lipinski definition) is 3. The standard InChI is InChI=1S/C16H23N3O/c1-4-8-17-11-14-6-5-7-15(10-14)12-20-16-9-13(2)18-19(16)3/h5-7,9-10,17H,4,8,11-12H2,1-3H3. The first kappa shape index (κ1) is 14.6. The van der Waals surface area contributed by atoms with Gasteiger partial charge in [-0.05, 0) is 31.0 Å². The molecule has 0 fully saturated rings. The van der Waals surface area contributed by atoms with Gasteiger partial charge in [-0.1, -0.05) is 31.2 Å². The van der Waals surface area contributed by atoms with Crippen LogP contribution in [0.2, 0.25) is 0 Å². The van der Waals surface area contributed by atoms with Crippen molar-refractivity contribution in [1.82, 2.24) is 15.1 Å². The third-order valence-electron chi connectivity index (χ3n) is 3.09. The Bertz CT molecular complexity index is 548. The summed E-state index contributed by atoms with van der Waals surface area (Å²) in [5, 5.41) is 7.68. The van der Waals surface area contributed by atoms with Gasteiger partial charge in [0.25, 0.3) is 0 Å². The van der Waals surface area contributed by atoms with Gasteiger partial charge < -0.3 is 10.1 Å². The summed E-state index contributed by atoms with van der Waals surface area (Å²) in [6, 6.07) is 10.4. The second kappa shape index (κ2) is 7.10. The molecular weight excluding hydrogens is 250 g/mol. The van der Waals surface area contributed by atoms with Gasteiger partial charge in [-0.2, -0.15) is 5.10 Å². The second-order valence-electron chi connectivity index (χ2n) is 5.03. The molecule has 0 bridgehead atoms. The first-order valence-electron chi connectivity index (χ1n) is 7.11. The average Bonchev–Trinajstić information content (AvgIpc) is 2.76. The smallest absolute Gasteiger partial charge is 0.212 e. The lowest BCUT2D eigenvalue weighted by molar-refractivity contribution is 0.278. The number of nitrogens with one attached hydrogen (secondary N) is 1. The molecule has 108 valence electrons. The van der Waals surface area contributed by atoms with Crippen LogP contribution in [0.25, 0.3) is 0 Å². The molecule has 0 unspecified atom stereocenters. The van der Waals surface area contributed by atoms with Crippen molar-refractivity contribution >= 4 is 0 Å². The molecule has 0 atom stereocenters. The minimum Gasteiger partial charge on any atom is -0.473 e. The summed E-state index contributed by atoms with van der Waals surface area (Å²) in [7, 11) is 1.90.